The van der Waals surface area contributed by atoms with Gasteiger partial charge in [0.15, 0.2) is 4.96 Å². The Labute approximate surface area is 161 Å². The second-order valence-electron chi connectivity index (χ2n) is 5.96. The average Bonchev–Trinajstić information content (AvgIpc) is 3.39. The highest BCUT2D eigenvalue weighted by atomic mass is 32.1. The fourth-order valence-corrected chi connectivity index (χ4v) is 3.97. The van der Waals surface area contributed by atoms with Gasteiger partial charge in [0.05, 0.1) is 11.4 Å². The van der Waals surface area contributed by atoms with Crippen LogP contribution >= 0.6 is 11.3 Å². The molecule has 0 radical (unpaired) electrons. The summed E-state index contributed by atoms with van der Waals surface area (Å²) >= 11 is 1.31. The van der Waals surface area contributed by atoms with Crippen LogP contribution in [0.3, 0.4) is 0 Å². The number of H-pyrrole nitrogens is 1. The maximum Gasteiger partial charge on any atom is 0.270 e. The topological polar surface area (TPSA) is 88.8 Å². The third kappa shape index (κ3) is 2.52. The van der Waals surface area contributed by atoms with E-state index in [1.807, 2.05) is 35.7 Å². The number of fused-ring (bicyclic) bond motifs is 1. The van der Waals surface area contributed by atoms with Crippen molar-refractivity contribution in [2.24, 2.45) is 0 Å². The molecule has 0 spiro atoms. The highest BCUT2D eigenvalue weighted by Gasteiger charge is 2.23. The van der Waals surface area contributed by atoms with Crippen molar-refractivity contribution < 1.29 is 4.39 Å². The van der Waals surface area contributed by atoms with E-state index >= 15 is 0 Å². The van der Waals surface area contributed by atoms with E-state index in [1.54, 1.807) is 18.2 Å². The minimum absolute atomic E-state index is 0.0652. The van der Waals surface area contributed by atoms with Crippen LogP contribution in [0.25, 0.3) is 38.9 Å². The molecule has 3 heterocycles. The number of rotatable bonds is 3. The molecule has 136 valence electrons. The number of hydrogen-bond acceptors (Lipinski definition) is 6. The maximum absolute atomic E-state index is 14.5. The van der Waals surface area contributed by atoms with Gasteiger partial charge in [0, 0.05) is 10.9 Å². The molecule has 2 aromatic carbocycles. The first kappa shape index (κ1) is 16.5. The molecule has 3 aromatic heterocycles. The van der Waals surface area contributed by atoms with Crippen molar-refractivity contribution in [3.63, 3.8) is 0 Å². The molecule has 0 amide bonds. The lowest BCUT2D eigenvalue weighted by Crippen LogP contribution is -2.19. The van der Waals surface area contributed by atoms with Crippen LogP contribution in [0.2, 0.25) is 0 Å². The van der Waals surface area contributed by atoms with Crippen LogP contribution < -0.4 is 5.56 Å². The van der Waals surface area contributed by atoms with Gasteiger partial charge in [-0.25, -0.2) is 9.37 Å². The van der Waals surface area contributed by atoms with Crippen molar-refractivity contribution in [1.29, 1.82) is 0 Å². The number of aromatic nitrogens is 6. The molecular formula is C19H11FN6OS. The van der Waals surface area contributed by atoms with Crippen LogP contribution in [0.5, 0.6) is 0 Å². The number of hydrogen-bond donors (Lipinski definition) is 1. The first-order valence-electron chi connectivity index (χ1n) is 8.32. The fraction of sp³-hybridized carbons (Fsp3) is 0. The molecule has 28 heavy (non-hydrogen) atoms. The Hall–Kier alpha value is -3.72. The first-order valence-corrected chi connectivity index (χ1v) is 9.20. The summed E-state index contributed by atoms with van der Waals surface area (Å²) in [6.45, 7) is 0. The van der Waals surface area contributed by atoms with Gasteiger partial charge in [0.2, 0.25) is 5.82 Å². The van der Waals surface area contributed by atoms with Crippen LogP contribution in [0.1, 0.15) is 0 Å². The molecule has 0 atom stereocenters. The number of aromatic amines is 1. The molecule has 0 aliphatic rings. The third-order valence-corrected chi connectivity index (χ3v) is 5.16. The van der Waals surface area contributed by atoms with Gasteiger partial charge < -0.3 is 0 Å². The van der Waals surface area contributed by atoms with Gasteiger partial charge >= 0.3 is 0 Å². The highest BCUT2D eigenvalue weighted by molar-refractivity contribution is 7.15. The zero-order valence-electron chi connectivity index (χ0n) is 14.2. The van der Waals surface area contributed by atoms with Gasteiger partial charge in [-0.2, -0.15) is 5.21 Å². The van der Waals surface area contributed by atoms with E-state index in [9.17, 15) is 9.18 Å². The second-order valence-corrected chi connectivity index (χ2v) is 6.80. The van der Waals surface area contributed by atoms with E-state index < -0.39 is 5.82 Å². The van der Waals surface area contributed by atoms with Crippen molar-refractivity contribution in [1.82, 2.24) is 30.0 Å². The average molecular weight is 390 g/mol. The standard InChI is InChI=1S/C19H11FN6OS/c20-13-9-5-4-8-12(13)16-15(17-22-24-25-23-17)18(27)26-14(10-28-19(26)21-16)11-6-2-1-3-7-11/h1-10H,(H,22,23,24,25). The molecule has 9 heteroatoms. The van der Waals surface area contributed by atoms with Crippen molar-refractivity contribution in [2.45, 2.75) is 0 Å². The summed E-state index contributed by atoms with van der Waals surface area (Å²) in [5, 5.41) is 15.6. The Morgan fingerprint density at radius 3 is 2.57 bits per heavy atom. The van der Waals surface area contributed by atoms with Crippen molar-refractivity contribution in [3.05, 3.63) is 76.1 Å². The van der Waals surface area contributed by atoms with E-state index in [4.69, 9.17) is 0 Å². The molecule has 0 aliphatic carbocycles. The Kier molecular flexibility index (Phi) is 3.80. The van der Waals surface area contributed by atoms with Crippen molar-refractivity contribution >= 4 is 16.3 Å². The normalized spacial score (nSPS) is 11.2. The van der Waals surface area contributed by atoms with Gasteiger partial charge in [0.25, 0.3) is 5.56 Å². The first-order chi connectivity index (χ1) is 13.7. The number of thiazole rings is 1. The molecule has 1 N–H and O–H groups in total. The number of nitrogens with one attached hydrogen (secondary N) is 1. The van der Waals surface area contributed by atoms with Crippen LogP contribution in [-0.2, 0) is 0 Å². The predicted octanol–water partition coefficient (Wildman–Crippen LogP) is 3.41. The zero-order chi connectivity index (χ0) is 19.1. The van der Waals surface area contributed by atoms with E-state index in [0.29, 0.717) is 10.7 Å². The fourth-order valence-electron chi connectivity index (χ4n) is 3.08. The molecule has 0 saturated heterocycles. The van der Waals surface area contributed by atoms with Crippen LogP contribution in [0.4, 0.5) is 4.39 Å². The van der Waals surface area contributed by atoms with Gasteiger partial charge in [0.1, 0.15) is 11.4 Å². The Morgan fingerprint density at radius 2 is 1.82 bits per heavy atom. The van der Waals surface area contributed by atoms with Gasteiger partial charge in [-0.05, 0) is 22.9 Å². The van der Waals surface area contributed by atoms with E-state index in [0.717, 1.165) is 5.56 Å². The smallest absolute Gasteiger partial charge is 0.268 e. The van der Waals surface area contributed by atoms with Crippen molar-refractivity contribution in [2.75, 3.05) is 0 Å². The summed E-state index contributed by atoms with van der Waals surface area (Å²) < 4.78 is 16.0. The lowest BCUT2D eigenvalue weighted by atomic mass is 10.1. The Balaban J connectivity index is 1.89. The maximum atomic E-state index is 14.5. The summed E-state index contributed by atoms with van der Waals surface area (Å²) in [5.41, 5.74) is 1.66. The van der Waals surface area contributed by atoms with E-state index in [-0.39, 0.29) is 28.2 Å². The molecule has 0 unspecified atom stereocenters. The molecule has 0 fully saturated rings. The number of benzene rings is 2. The van der Waals surface area contributed by atoms with Gasteiger partial charge in [-0.3, -0.25) is 9.20 Å². The minimum atomic E-state index is -0.483. The summed E-state index contributed by atoms with van der Waals surface area (Å²) in [6.07, 6.45) is 0. The van der Waals surface area contributed by atoms with Gasteiger partial charge in [-0.15, -0.1) is 21.5 Å². The summed E-state index contributed by atoms with van der Waals surface area (Å²) in [5.74, 6) is -0.418. The molecule has 5 rings (SSSR count). The molecule has 0 aliphatic heterocycles. The number of tetrazole rings is 1. The van der Waals surface area contributed by atoms with E-state index in [2.05, 4.69) is 25.6 Å². The summed E-state index contributed by atoms with van der Waals surface area (Å²) in [7, 11) is 0. The van der Waals surface area contributed by atoms with Crippen molar-refractivity contribution in [3.8, 4) is 33.9 Å². The quantitative estimate of drug-likeness (QED) is 0.510. The highest BCUT2D eigenvalue weighted by Crippen LogP contribution is 2.31. The van der Waals surface area contributed by atoms with Gasteiger partial charge in [-0.1, -0.05) is 42.5 Å². The van der Waals surface area contributed by atoms with Crippen LogP contribution in [-0.4, -0.2) is 30.0 Å². The number of nitrogens with zero attached hydrogens (tertiary/aromatic N) is 5. The summed E-state index contributed by atoms with van der Waals surface area (Å²) in [4.78, 5) is 18.5. The third-order valence-electron chi connectivity index (χ3n) is 4.34. The largest absolute Gasteiger partial charge is 0.270 e. The van der Waals surface area contributed by atoms with E-state index in [1.165, 1.54) is 21.8 Å². The lowest BCUT2D eigenvalue weighted by molar-refractivity contribution is 0.631. The molecular weight excluding hydrogens is 379 g/mol. The molecule has 5 aromatic rings. The predicted molar refractivity (Wildman–Crippen MR) is 103 cm³/mol. The number of halogens is 1. The monoisotopic (exact) mass is 390 g/mol. The second kappa shape index (κ2) is 6.46. The summed E-state index contributed by atoms with van der Waals surface area (Å²) in [6, 6.07) is 15.7. The zero-order valence-corrected chi connectivity index (χ0v) is 15.0. The molecule has 0 saturated carbocycles. The Bertz CT molecular complexity index is 1340. The lowest BCUT2D eigenvalue weighted by Gasteiger charge is -2.09. The van der Waals surface area contributed by atoms with Crippen LogP contribution in [0, 0.1) is 5.82 Å². The SMILES string of the molecule is O=c1c(-c2nn[nH]n2)c(-c2ccccc2F)nc2scc(-c3ccccc3)n12. The minimum Gasteiger partial charge on any atom is -0.268 e. The molecule has 7 nitrogen and oxygen atoms in total. The van der Waals surface area contributed by atoms with Crippen LogP contribution in [0.15, 0.2) is 64.8 Å². The Morgan fingerprint density at radius 1 is 1.04 bits per heavy atom. The molecule has 0 bridgehead atoms.